The van der Waals surface area contributed by atoms with E-state index in [9.17, 15) is 9.65 Å². The summed E-state index contributed by atoms with van der Waals surface area (Å²) in [6.07, 6.45) is 5.31. The second kappa shape index (κ2) is 8.70. The second-order valence-corrected chi connectivity index (χ2v) is 8.56. The van der Waals surface area contributed by atoms with Crippen molar-refractivity contribution >= 4 is 61.1 Å². The van der Waals surface area contributed by atoms with Gasteiger partial charge in [-0.1, -0.05) is 17.7 Å². The van der Waals surface area contributed by atoms with Crippen LogP contribution in [0.5, 0.6) is 0 Å². The maximum absolute atomic E-state index is 13.6. The Hall–Kier alpha value is -3.67. The fourth-order valence-electron chi connectivity index (χ4n) is 3.61. The van der Waals surface area contributed by atoms with Gasteiger partial charge in [0.05, 0.1) is 40.2 Å². The van der Waals surface area contributed by atoms with Crippen LogP contribution in [0.4, 0.5) is 21.5 Å². The number of hydrogen-bond donors (Lipinski definition) is 2. The molecule has 162 valence electrons. The quantitative estimate of drug-likeness (QED) is 0.270. The Balaban J connectivity index is 1.54. The molecule has 0 fully saturated rings. The number of fused-ring (bicyclic) bond motifs is 2. The summed E-state index contributed by atoms with van der Waals surface area (Å²) in [4.78, 5) is 8.86. The number of aromatic nitrogens is 3. The lowest BCUT2D eigenvalue weighted by molar-refractivity contribution is 0.628. The molecule has 0 aliphatic carbocycles. The Bertz CT molecular complexity index is 1560. The molecule has 0 saturated heterocycles. The first-order valence-electron chi connectivity index (χ1n) is 9.93. The molecule has 0 amide bonds. The normalized spacial score (nSPS) is 11.0. The number of benzene rings is 2. The Morgan fingerprint density at radius 3 is 2.79 bits per heavy atom. The number of rotatable bonds is 5. The van der Waals surface area contributed by atoms with E-state index in [1.54, 1.807) is 6.07 Å². The van der Waals surface area contributed by atoms with Crippen LogP contribution in [0.1, 0.15) is 11.3 Å². The molecule has 0 radical (unpaired) electrons. The topological polar surface area (TPSA) is 78.0 Å². The zero-order valence-electron chi connectivity index (χ0n) is 17.0. The fraction of sp³-hybridized carbons (Fsp3) is 0.0417. The predicted octanol–water partition coefficient (Wildman–Crippen LogP) is 6.66. The lowest BCUT2D eigenvalue weighted by Crippen LogP contribution is -2.03. The van der Waals surface area contributed by atoms with Gasteiger partial charge in [0.15, 0.2) is 0 Å². The van der Waals surface area contributed by atoms with Gasteiger partial charge in [-0.15, -0.1) is 0 Å². The molecule has 0 aliphatic rings. The number of nitrogens with zero attached hydrogens (tertiary/aromatic N) is 4. The summed E-state index contributed by atoms with van der Waals surface area (Å²) in [6, 6.07) is 16.2. The number of imidazole rings is 1. The van der Waals surface area contributed by atoms with Crippen LogP contribution in [-0.2, 0) is 6.54 Å². The molecule has 33 heavy (non-hydrogen) atoms. The third kappa shape index (κ3) is 4.09. The van der Waals surface area contributed by atoms with Crippen molar-refractivity contribution < 1.29 is 4.39 Å². The molecule has 0 aliphatic heterocycles. The predicted molar refractivity (Wildman–Crippen MR) is 131 cm³/mol. The molecule has 0 atom stereocenters. The van der Waals surface area contributed by atoms with Crippen molar-refractivity contribution in [1.29, 1.82) is 5.26 Å². The summed E-state index contributed by atoms with van der Waals surface area (Å²) >= 11 is 9.53. The molecule has 6 nitrogen and oxygen atoms in total. The highest BCUT2D eigenvalue weighted by Crippen LogP contribution is 2.35. The zero-order valence-corrected chi connectivity index (χ0v) is 19.3. The average Bonchev–Trinajstić information content (AvgIpc) is 3.23. The van der Waals surface area contributed by atoms with Crippen molar-refractivity contribution in [2.24, 2.45) is 0 Å². The van der Waals surface area contributed by atoms with Crippen LogP contribution in [0.15, 0.2) is 71.6 Å². The third-order valence-corrected chi connectivity index (χ3v) is 6.10. The van der Waals surface area contributed by atoms with Crippen LogP contribution in [0.3, 0.4) is 0 Å². The van der Waals surface area contributed by atoms with Gasteiger partial charge in [-0.05, 0) is 58.4 Å². The smallest absolute Gasteiger partial charge is 0.141 e. The largest absolute Gasteiger partial charge is 0.379 e. The molecular formula is C24H15BrClFN6. The Morgan fingerprint density at radius 1 is 1.09 bits per heavy atom. The van der Waals surface area contributed by atoms with E-state index in [2.05, 4.69) is 42.6 Å². The molecule has 3 heterocycles. The molecule has 0 spiro atoms. The molecule has 2 aromatic carbocycles. The van der Waals surface area contributed by atoms with Crippen molar-refractivity contribution in [3.63, 3.8) is 0 Å². The molecule has 9 heteroatoms. The summed E-state index contributed by atoms with van der Waals surface area (Å²) in [7, 11) is 0. The highest BCUT2D eigenvalue weighted by molar-refractivity contribution is 9.10. The number of pyridine rings is 2. The van der Waals surface area contributed by atoms with Crippen LogP contribution in [-0.4, -0.2) is 14.4 Å². The summed E-state index contributed by atoms with van der Waals surface area (Å²) in [5.41, 5.74) is 4.87. The SMILES string of the molecule is N#Cc1cnc2c(Br)cc(NCc3cnc4ccccn34)cc2c1Nc1ccc(F)c(Cl)c1. The number of nitrogens with one attached hydrogen (secondary N) is 2. The summed E-state index contributed by atoms with van der Waals surface area (Å²) in [5.74, 6) is -0.510. The van der Waals surface area contributed by atoms with Crippen molar-refractivity contribution in [1.82, 2.24) is 14.4 Å². The minimum atomic E-state index is -0.510. The van der Waals surface area contributed by atoms with E-state index < -0.39 is 5.82 Å². The first-order chi connectivity index (χ1) is 16.0. The molecule has 5 rings (SSSR count). The van der Waals surface area contributed by atoms with E-state index >= 15 is 0 Å². The van der Waals surface area contributed by atoms with Crippen LogP contribution < -0.4 is 10.6 Å². The summed E-state index contributed by atoms with van der Waals surface area (Å²) in [6.45, 7) is 0.546. The Morgan fingerprint density at radius 2 is 1.97 bits per heavy atom. The maximum Gasteiger partial charge on any atom is 0.141 e. The van der Waals surface area contributed by atoms with Crippen LogP contribution in [0, 0.1) is 17.1 Å². The molecular weight excluding hydrogens is 507 g/mol. The van der Waals surface area contributed by atoms with Gasteiger partial charge in [0.25, 0.3) is 0 Å². The zero-order chi connectivity index (χ0) is 22.9. The molecule has 0 saturated carbocycles. The highest BCUT2D eigenvalue weighted by atomic mass is 79.9. The van der Waals surface area contributed by atoms with E-state index in [1.165, 1.54) is 18.3 Å². The average molecular weight is 522 g/mol. The minimum Gasteiger partial charge on any atom is -0.379 e. The standard InChI is InChI=1S/C24H15BrClFN6/c25-19-8-16(29-12-17-13-30-22-3-1-2-6-33(17)22)7-18-23(14(10-28)11-31-24(18)19)32-15-4-5-21(27)20(26)9-15/h1-9,11,13,29H,12H2,(H,31,32). The van der Waals surface area contributed by atoms with Gasteiger partial charge in [-0.25, -0.2) is 9.37 Å². The molecule has 0 unspecified atom stereocenters. The molecule has 2 N–H and O–H groups in total. The monoisotopic (exact) mass is 520 g/mol. The minimum absolute atomic E-state index is 0.00607. The number of nitriles is 1. The van der Waals surface area contributed by atoms with Gasteiger partial charge in [0.2, 0.25) is 0 Å². The van der Waals surface area contributed by atoms with Gasteiger partial charge >= 0.3 is 0 Å². The summed E-state index contributed by atoms with van der Waals surface area (Å²) < 4.78 is 16.4. The van der Waals surface area contributed by atoms with Crippen LogP contribution >= 0.6 is 27.5 Å². The van der Waals surface area contributed by atoms with Crippen molar-refractivity contribution in [3.8, 4) is 6.07 Å². The summed E-state index contributed by atoms with van der Waals surface area (Å²) in [5, 5.41) is 17.0. The van der Waals surface area contributed by atoms with Gasteiger partial charge in [-0.3, -0.25) is 4.98 Å². The first kappa shape index (κ1) is 21.2. The van der Waals surface area contributed by atoms with E-state index in [0.29, 0.717) is 29.0 Å². The Labute approximate surface area is 201 Å². The molecule has 5 aromatic rings. The van der Waals surface area contributed by atoms with Gasteiger partial charge in [0.1, 0.15) is 17.5 Å². The third-order valence-electron chi connectivity index (χ3n) is 5.20. The number of anilines is 3. The van der Waals surface area contributed by atoms with Crippen molar-refractivity contribution in [2.45, 2.75) is 6.54 Å². The maximum atomic E-state index is 13.6. The number of halogens is 3. The van der Waals surface area contributed by atoms with Gasteiger partial charge in [-0.2, -0.15) is 5.26 Å². The van der Waals surface area contributed by atoms with Crippen LogP contribution in [0.25, 0.3) is 16.6 Å². The van der Waals surface area contributed by atoms with E-state index in [0.717, 1.165) is 26.9 Å². The van der Waals surface area contributed by atoms with Gasteiger partial charge < -0.3 is 15.0 Å². The molecule has 0 bridgehead atoms. The van der Waals surface area contributed by atoms with Crippen molar-refractivity contribution in [2.75, 3.05) is 10.6 Å². The fourth-order valence-corrected chi connectivity index (χ4v) is 4.35. The van der Waals surface area contributed by atoms with E-state index in [-0.39, 0.29) is 5.02 Å². The van der Waals surface area contributed by atoms with E-state index in [4.69, 9.17) is 11.6 Å². The second-order valence-electron chi connectivity index (χ2n) is 7.30. The van der Waals surface area contributed by atoms with Gasteiger partial charge in [0, 0.05) is 33.6 Å². The lowest BCUT2D eigenvalue weighted by Gasteiger charge is -2.15. The lowest BCUT2D eigenvalue weighted by atomic mass is 10.1. The highest BCUT2D eigenvalue weighted by Gasteiger charge is 2.14. The van der Waals surface area contributed by atoms with Crippen molar-refractivity contribution in [3.05, 3.63) is 93.7 Å². The first-order valence-corrected chi connectivity index (χ1v) is 11.1. The Kier molecular flexibility index (Phi) is 5.58. The number of hydrogen-bond acceptors (Lipinski definition) is 5. The van der Waals surface area contributed by atoms with E-state index in [1.807, 2.05) is 47.1 Å². The molecule has 3 aromatic heterocycles. The van der Waals surface area contributed by atoms with Crippen LogP contribution in [0.2, 0.25) is 5.02 Å².